The summed E-state index contributed by atoms with van der Waals surface area (Å²) in [4.78, 5) is 2.20. The van der Waals surface area contributed by atoms with E-state index in [0.29, 0.717) is 13.1 Å². The number of nitrogens with zero attached hydrogens (tertiary/aromatic N) is 3. The molecule has 0 spiro atoms. The van der Waals surface area contributed by atoms with Gasteiger partial charge in [0.1, 0.15) is 10.7 Å². The van der Waals surface area contributed by atoms with Crippen LogP contribution in [0.25, 0.3) is 5.69 Å². The fraction of sp³-hybridized carbons (Fsp3) is 0.348. The summed E-state index contributed by atoms with van der Waals surface area (Å²) in [6.45, 7) is 3.07. The van der Waals surface area contributed by atoms with Crippen molar-refractivity contribution in [2.75, 3.05) is 12.9 Å². The number of hydrogen-bond acceptors (Lipinski definition) is 4. The summed E-state index contributed by atoms with van der Waals surface area (Å²) >= 11 is 13.9. The summed E-state index contributed by atoms with van der Waals surface area (Å²) in [6.07, 6.45) is -1.92. The molecule has 0 radical (unpaired) electrons. The van der Waals surface area contributed by atoms with Gasteiger partial charge in [-0.25, -0.2) is 4.68 Å². The summed E-state index contributed by atoms with van der Waals surface area (Å²) in [7, 11) is 0. The van der Waals surface area contributed by atoms with Gasteiger partial charge in [0.25, 0.3) is 0 Å². The minimum Gasteiger partial charge on any atom is -0.395 e. The molecule has 1 aliphatic rings. The van der Waals surface area contributed by atoms with E-state index in [2.05, 4.69) is 22.1 Å². The minimum absolute atomic E-state index is 0.0205. The van der Waals surface area contributed by atoms with Crippen LogP contribution in [0.15, 0.2) is 41.4 Å². The van der Waals surface area contributed by atoms with Gasteiger partial charge in [-0.1, -0.05) is 47.5 Å². The molecule has 0 saturated carbocycles. The van der Waals surface area contributed by atoms with Crippen LogP contribution in [0.2, 0.25) is 10.0 Å². The van der Waals surface area contributed by atoms with Gasteiger partial charge in [-0.3, -0.25) is 4.90 Å². The first-order valence-electron chi connectivity index (χ1n) is 10.2. The Kier molecular flexibility index (Phi) is 7.03. The first-order valence-corrected chi connectivity index (χ1v) is 12.2. The summed E-state index contributed by atoms with van der Waals surface area (Å²) in [5, 5.41) is 15.1. The van der Waals surface area contributed by atoms with E-state index >= 15 is 0 Å². The Hall–Kier alpha value is -1.71. The number of alkyl halides is 3. The summed E-state index contributed by atoms with van der Waals surface area (Å²) in [5.74, 6) is 0. The fourth-order valence-electron chi connectivity index (χ4n) is 4.21. The third kappa shape index (κ3) is 4.77. The first-order chi connectivity index (χ1) is 15.6. The maximum absolute atomic E-state index is 13.2. The number of benzene rings is 2. The van der Waals surface area contributed by atoms with Gasteiger partial charge >= 0.3 is 6.18 Å². The second kappa shape index (κ2) is 9.50. The van der Waals surface area contributed by atoms with Crippen LogP contribution < -0.4 is 0 Å². The summed E-state index contributed by atoms with van der Waals surface area (Å²) in [5.41, 5.74) is 3.41. The lowest BCUT2D eigenvalue weighted by Gasteiger charge is -2.36. The van der Waals surface area contributed by atoms with Crippen LogP contribution in [0, 0.1) is 6.92 Å². The lowest BCUT2D eigenvalue weighted by atomic mass is 9.94. The molecule has 10 heteroatoms. The summed E-state index contributed by atoms with van der Waals surface area (Å²) < 4.78 is 41.0. The smallest absolute Gasteiger partial charge is 0.395 e. The third-order valence-corrected chi connectivity index (χ3v) is 7.28. The van der Waals surface area contributed by atoms with E-state index in [4.69, 9.17) is 23.2 Å². The predicted molar refractivity (Wildman–Crippen MR) is 125 cm³/mol. The van der Waals surface area contributed by atoms with E-state index in [1.54, 1.807) is 0 Å². The molecule has 0 amide bonds. The van der Waals surface area contributed by atoms with Crippen LogP contribution in [0.4, 0.5) is 13.2 Å². The second-order valence-corrected chi connectivity index (χ2v) is 9.59. The highest BCUT2D eigenvalue weighted by atomic mass is 35.5. The Labute approximate surface area is 204 Å². The molecule has 4 rings (SSSR count). The van der Waals surface area contributed by atoms with E-state index in [1.807, 2.05) is 25.3 Å². The highest BCUT2D eigenvalue weighted by Gasteiger charge is 2.33. The van der Waals surface area contributed by atoms with Crippen LogP contribution in [0.3, 0.4) is 0 Å². The molecule has 0 saturated heterocycles. The first kappa shape index (κ1) is 24.4. The van der Waals surface area contributed by atoms with Crippen molar-refractivity contribution in [2.45, 2.75) is 43.7 Å². The van der Waals surface area contributed by atoms with Crippen molar-refractivity contribution in [3.05, 3.63) is 74.4 Å². The average molecular weight is 516 g/mol. The molecule has 0 fully saturated rings. The monoisotopic (exact) mass is 515 g/mol. The third-order valence-electron chi connectivity index (χ3n) is 5.99. The molecule has 2 heterocycles. The molecular weight excluding hydrogens is 494 g/mol. The molecule has 1 unspecified atom stereocenters. The largest absolute Gasteiger partial charge is 0.416 e. The molecule has 0 aliphatic carbocycles. The molecule has 3 aromatic rings. The number of aromatic nitrogens is 2. The number of aliphatic hydroxyl groups excluding tert-OH is 1. The number of halogens is 5. The van der Waals surface area contributed by atoms with Gasteiger partial charge in [0.2, 0.25) is 0 Å². The van der Waals surface area contributed by atoms with Gasteiger partial charge in [0.15, 0.2) is 0 Å². The van der Waals surface area contributed by atoms with Crippen LogP contribution >= 0.6 is 35.0 Å². The van der Waals surface area contributed by atoms with Gasteiger partial charge in [-0.05, 0) is 42.9 Å². The van der Waals surface area contributed by atoms with E-state index in [9.17, 15) is 18.3 Å². The van der Waals surface area contributed by atoms with Crippen molar-refractivity contribution in [2.24, 2.45) is 0 Å². The average Bonchev–Trinajstić information content (AvgIpc) is 3.07. The molecule has 2 aromatic carbocycles. The highest BCUT2D eigenvalue weighted by molar-refractivity contribution is 7.98. The van der Waals surface area contributed by atoms with Gasteiger partial charge in [-0.15, -0.1) is 11.8 Å². The number of fused-ring (bicyclic) bond motifs is 1. The Morgan fingerprint density at radius 1 is 1.15 bits per heavy atom. The van der Waals surface area contributed by atoms with Crippen LogP contribution in [-0.2, 0) is 25.7 Å². The SMILES string of the molecule is CSc1nn(-c2c(Cl)cc(C(F)(F)F)cc2Cl)c(C)c1CN1Cc2ccccc2CC1CO. The van der Waals surface area contributed by atoms with Gasteiger partial charge in [0, 0.05) is 30.4 Å². The van der Waals surface area contributed by atoms with E-state index < -0.39 is 11.7 Å². The Morgan fingerprint density at radius 2 is 1.79 bits per heavy atom. The van der Waals surface area contributed by atoms with Crippen molar-refractivity contribution in [1.29, 1.82) is 0 Å². The van der Waals surface area contributed by atoms with Gasteiger partial charge in [0.05, 0.1) is 22.2 Å². The van der Waals surface area contributed by atoms with Crippen LogP contribution in [0.5, 0.6) is 0 Å². The van der Waals surface area contributed by atoms with E-state index in [0.717, 1.165) is 34.8 Å². The van der Waals surface area contributed by atoms with Crippen molar-refractivity contribution in [1.82, 2.24) is 14.7 Å². The maximum Gasteiger partial charge on any atom is 0.416 e. The standard InChI is InChI=1S/C23H22Cl2F3N3OS/c1-13-18(11-30-10-15-6-4-3-5-14(15)7-17(30)12-32)22(33-2)29-31(13)21-19(24)8-16(9-20(21)25)23(26,27)28/h3-6,8-9,17,32H,7,10-12H2,1-2H3. The zero-order valence-corrected chi connectivity index (χ0v) is 20.3. The van der Waals surface area contributed by atoms with Crippen molar-refractivity contribution in [3.8, 4) is 5.69 Å². The summed E-state index contributed by atoms with van der Waals surface area (Å²) in [6, 6.07) is 9.86. The molecule has 1 N–H and O–H groups in total. The molecule has 1 aliphatic heterocycles. The van der Waals surface area contributed by atoms with Gasteiger partial charge in [-0.2, -0.15) is 18.3 Å². The second-order valence-electron chi connectivity index (χ2n) is 7.99. The molecule has 1 atom stereocenters. The quantitative estimate of drug-likeness (QED) is 0.414. The zero-order valence-electron chi connectivity index (χ0n) is 18.0. The maximum atomic E-state index is 13.2. The number of hydrogen-bond donors (Lipinski definition) is 1. The topological polar surface area (TPSA) is 41.3 Å². The van der Waals surface area contributed by atoms with E-state index in [1.165, 1.54) is 27.6 Å². The van der Waals surface area contributed by atoms with E-state index in [-0.39, 0.29) is 28.4 Å². The van der Waals surface area contributed by atoms with Gasteiger partial charge < -0.3 is 5.11 Å². The highest BCUT2D eigenvalue weighted by Crippen LogP contribution is 2.39. The lowest BCUT2D eigenvalue weighted by molar-refractivity contribution is -0.137. The van der Waals surface area contributed by atoms with Crippen LogP contribution in [0.1, 0.15) is 27.9 Å². The Morgan fingerprint density at radius 3 is 2.36 bits per heavy atom. The molecule has 1 aromatic heterocycles. The van der Waals surface area contributed by atoms with Crippen molar-refractivity contribution >= 4 is 35.0 Å². The molecule has 176 valence electrons. The lowest BCUT2D eigenvalue weighted by Crippen LogP contribution is -2.42. The predicted octanol–water partition coefficient (Wildman–Crippen LogP) is 6.15. The van der Waals surface area contributed by atoms with Crippen molar-refractivity contribution < 1.29 is 18.3 Å². The molecule has 0 bridgehead atoms. The Bertz CT molecular complexity index is 1160. The molecule has 4 nitrogen and oxygen atoms in total. The normalized spacial score (nSPS) is 16.8. The van der Waals surface area contributed by atoms with Crippen molar-refractivity contribution in [3.63, 3.8) is 0 Å². The Balaban J connectivity index is 1.72. The molecular formula is C23H22Cl2F3N3OS. The zero-order chi connectivity index (χ0) is 23.9. The number of thioether (sulfide) groups is 1. The van der Waals surface area contributed by atoms with Crippen LogP contribution in [-0.4, -0.2) is 38.7 Å². The fourth-order valence-corrected chi connectivity index (χ4v) is 5.48. The minimum atomic E-state index is -4.55. The number of rotatable bonds is 5. The number of aliphatic hydroxyl groups is 1. The molecule has 33 heavy (non-hydrogen) atoms.